The Kier molecular flexibility index (Phi) is 18.3. The van der Waals surface area contributed by atoms with Gasteiger partial charge in [0.1, 0.15) is 40.6 Å². The molecule has 0 aliphatic carbocycles. The zero-order chi connectivity index (χ0) is 53.0. The highest BCUT2D eigenvalue weighted by atomic mass is 19.3. The molecule has 20 heteroatoms. The third-order valence-electron chi connectivity index (χ3n) is 10.7. The van der Waals surface area contributed by atoms with Gasteiger partial charge in [-0.2, -0.15) is 35.1 Å². The van der Waals surface area contributed by atoms with Crippen LogP contribution in [0.4, 0.5) is 52.7 Å². The van der Waals surface area contributed by atoms with Crippen molar-refractivity contribution in [2.45, 2.75) is 81.7 Å². The largest absolute Gasteiger partial charge is 0.461 e. The Balaban J connectivity index is 0.000000267. The van der Waals surface area contributed by atoms with Crippen LogP contribution in [-0.4, -0.2) is 48.7 Å². The number of ether oxygens (including phenoxy) is 2. The number of carbonyl (C=O) groups is 3. The van der Waals surface area contributed by atoms with E-state index in [0.717, 1.165) is 48.5 Å². The number of hydrogen-bond donors (Lipinski definition) is 3. The van der Waals surface area contributed by atoms with Crippen LogP contribution in [0.25, 0.3) is 0 Å². The third kappa shape index (κ3) is 14.8. The number of rotatable bonds is 20. The van der Waals surface area contributed by atoms with E-state index in [9.17, 15) is 67.1 Å². The first-order valence-corrected chi connectivity index (χ1v) is 21.6. The summed E-state index contributed by atoms with van der Waals surface area (Å²) in [6.45, 7) is 2.77. The number of hydrogen-bond acceptors (Lipinski definition) is 6. The van der Waals surface area contributed by atoms with E-state index in [-0.39, 0.29) is 41.5 Å². The average molecular weight is 1020 g/mol. The summed E-state index contributed by atoms with van der Waals surface area (Å²) in [5.74, 6) is -7.04. The van der Waals surface area contributed by atoms with Gasteiger partial charge >= 0.3 is 25.1 Å². The minimum absolute atomic E-state index is 0.0295. The van der Waals surface area contributed by atoms with E-state index in [0.29, 0.717) is 23.3 Å². The van der Waals surface area contributed by atoms with Crippen LogP contribution in [0.3, 0.4) is 0 Å². The summed E-state index contributed by atoms with van der Waals surface area (Å²) < 4.78 is 171. The molecule has 382 valence electrons. The van der Waals surface area contributed by atoms with Gasteiger partial charge in [0.25, 0.3) is 0 Å². The van der Waals surface area contributed by atoms with Crippen LogP contribution in [0.5, 0.6) is 11.5 Å². The van der Waals surface area contributed by atoms with E-state index in [4.69, 9.17) is 5.73 Å². The lowest BCUT2D eigenvalue weighted by Crippen LogP contribution is -2.49. The molecule has 2 amide bonds. The van der Waals surface area contributed by atoms with Crippen molar-refractivity contribution in [3.63, 3.8) is 0 Å². The van der Waals surface area contributed by atoms with Gasteiger partial charge in [0.05, 0.1) is 17.5 Å². The zero-order valence-corrected chi connectivity index (χ0v) is 38.1. The predicted octanol–water partition coefficient (Wildman–Crippen LogP) is 11.3. The van der Waals surface area contributed by atoms with Gasteiger partial charge in [0.15, 0.2) is 0 Å². The van der Waals surface area contributed by atoms with Crippen LogP contribution in [0.1, 0.15) is 60.1 Å². The lowest BCUT2D eigenvalue weighted by atomic mass is 9.77. The Hall–Kier alpha value is -7.35. The van der Waals surface area contributed by atoms with Gasteiger partial charge in [0.2, 0.25) is 11.8 Å². The van der Waals surface area contributed by atoms with E-state index in [1.54, 1.807) is 67.6 Å². The molecule has 6 aromatic carbocycles. The Bertz CT molecular complexity index is 2770. The third-order valence-corrected chi connectivity index (χ3v) is 10.7. The first-order chi connectivity index (χ1) is 33.8. The molecule has 3 atom stereocenters. The zero-order valence-electron chi connectivity index (χ0n) is 38.1. The second-order valence-electron chi connectivity index (χ2n) is 16.6. The highest BCUT2D eigenvalue weighted by Gasteiger charge is 2.46. The molecule has 6 rings (SSSR count). The first kappa shape index (κ1) is 55.6. The topological polar surface area (TPSA) is 120 Å². The minimum atomic E-state index is -4.92. The van der Waals surface area contributed by atoms with E-state index < -0.39 is 101 Å². The van der Waals surface area contributed by atoms with Crippen molar-refractivity contribution in [2.75, 3.05) is 0 Å². The monoisotopic (exact) mass is 1020 g/mol. The van der Waals surface area contributed by atoms with Gasteiger partial charge in [-0.05, 0) is 95.8 Å². The molecule has 0 bridgehead atoms. The number of nitrogens with one attached hydrogen (secondary N) is 2. The van der Waals surface area contributed by atoms with Crippen LogP contribution in [0, 0.1) is 23.3 Å². The standard InChI is InChI=1S/C26H24F6N2O2.C26H21F6NO3/c1-16(33)11-23(35)34-25(15-17-5-3-2-4-6-17,18-7-9-20(27)10-8-18)19-12-21(28)14-22(13-19)36-26(31,32)24(29)30;1-16(34)11-23(35)33-25(15-17-5-3-2-4-6-17,18-7-9-20(27)10-8-18)19-12-21(28)14-22(13-19)36-26(31,32)24(29)30/h2-10,12-14,16,24H,11,15,33H2,1H3,(H,34,35);2-10,12-14,24H,11,15H2,1H3,(H,33,35)/t16?,25-;25-/m11/s1. The maximum Gasteiger partial charge on any atom is 0.461 e. The van der Waals surface area contributed by atoms with Gasteiger partial charge < -0.3 is 25.8 Å². The molecular weight excluding hydrogens is 975 g/mol. The molecule has 0 heterocycles. The molecule has 0 saturated heterocycles. The molecule has 1 unspecified atom stereocenters. The number of ketones is 1. The van der Waals surface area contributed by atoms with Crippen molar-refractivity contribution in [2.24, 2.45) is 5.73 Å². The van der Waals surface area contributed by atoms with E-state index in [1.165, 1.54) is 31.2 Å². The van der Waals surface area contributed by atoms with Gasteiger partial charge in [-0.1, -0.05) is 84.9 Å². The van der Waals surface area contributed by atoms with Gasteiger partial charge in [0, 0.05) is 37.4 Å². The molecule has 0 radical (unpaired) electrons. The van der Waals surface area contributed by atoms with E-state index in [1.807, 2.05) is 0 Å². The number of Topliss-reactive ketones (excluding diaryl/α,β-unsaturated/α-hetero) is 1. The molecule has 8 nitrogen and oxygen atoms in total. The smallest absolute Gasteiger partial charge is 0.428 e. The SMILES string of the molecule is CC(=O)CC(=O)N[C@](Cc1ccccc1)(c1ccc(F)cc1)c1cc(F)cc(OC(F)(F)C(F)F)c1.CC(N)CC(=O)N[C@](Cc1ccccc1)(c1ccc(F)cc1)c1cc(F)cc(OC(F)(F)C(F)F)c1. The van der Waals surface area contributed by atoms with Crippen molar-refractivity contribution >= 4 is 17.6 Å². The molecule has 6 aromatic rings. The fourth-order valence-corrected chi connectivity index (χ4v) is 7.62. The average Bonchev–Trinajstić information content (AvgIpc) is 3.28. The highest BCUT2D eigenvalue weighted by Crippen LogP contribution is 2.40. The van der Waals surface area contributed by atoms with Crippen LogP contribution in [0.15, 0.2) is 146 Å². The summed E-state index contributed by atoms with van der Waals surface area (Å²) in [4.78, 5) is 37.4. The van der Waals surface area contributed by atoms with Gasteiger partial charge in [-0.3, -0.25) is 14.4 Å². The maximum atomic E-state index is 14.7. The molecule has 0 saturated carbocycles. The summed E-state index contributed by atoms with van der Waals surface area (Å²) in [7, 11) is 0. The van der Waals surface area contributed by atoms with Gasteiger partial charge in [-0.25, -0.2) is 17.6 Å². The molecule has 72 heavy (non-hydrogen) atoms. The summed E-state index contributed by atoms with van der Waals surface area (Å²) in [5.41, 5.74) is 3.88. The number of alkyl halides is 8. The normalized spacial score (nSPS) is 13.7. The summed E-state index contributed by atoms with van der Waals surface area (Å²) >= 11 is 0. The van der Waals surface area contributed by atoms with Crippen LogP contribution >= 0.6 is 0 Å². The van der Waals surface area contributed by atoms with E-state index in [2.05, 4.69) is 20.1 Å². The highest BCUT2D eigenvalue weighted by molar-refractivity contribution is 5.97. The molecule has 4 N–H and O–H groups in total. The quantitative estimate of drug-likeness (QED) is 0.0518. The summed E-state index contributed by atoms with van der Waals surface area (Å²) in [6, 6.07) is 30.9. The molecule has 0 aliphatic heterocycles. The maximum absolute atomic E-state index is 14.7. The van der Waals surface area contributed by atoms with Crippen molar-refractivity contribution in [1.82, 2.24) is 10.6 Å². The minimum Gasteiger partial charge on any atom is -0.428 e. The van der Waals surface area contributed by atoms with E-state index >= 15 is 0 Å². The fourth-order valence-electron chi connectivity index (χ4n) is 7.62. The Labute approximate surface area is 405 Å². The molecule has 0 aliphatic rings. The predicted molar refractivity (Wildman–Crippen MR) is 240 cm³/mol. The molecule has 0 fully saturated rings. The van der Waals surface area contributed by atoms with Crippen molar-refractivity contribution in [3.05, 3.63) is 202 Å². The number of amides is 2. The lowest BCUT2D eigenvalue weighted by Gasteiger charge is -2.37. The Morgan fingerprint density at radius 2 is 0.875 bits per heavy atom. The molecular formula is C52H45F12N3O5. The number of carbonyl (C=O) groups excluding carboxylic acids is 3. The molecule has 0 aromatic heterocycles. The van der Waals surface area contributed by atoms with Crippen LogP contribution < -0.4 is 25.8 Å². The van der Waals surface area contributed by atoms with Gasteiger partial charge in [-0.15, -0.1) is 0 Å². The fraction of sp³-hybridized carbons (Fsp3) is 0.250. The Morgan fingerprint density at radius 1 is 0.514 bits per heavy atom. The van der Waals surface area contributed by atoms with Crippen LogP contribution in [-0.2, 0) is 38.3 Å². The summed E-state index contributed by atoms with van der Waals surface area (Å²) in [6.07, 6.45) is -19.0. The van der Waals surface area contributed by atoms with Crippen molar-refractivity contribution < 1.29 is 76.5 Å². The second-order valence-corrected chi connectivity index (χ2v) is 16.6. The van der Waals surface area contributed by atoms with Crippen molar-refractivity contribution in [3.8, 4) is 11.5 Å². The van der Waals surface area contributed by atoms with Crippen molar-refractivity contribution in [1.29, 1.82) is 0 Å². The van der Waals surface area contributed by atoms with Crippen LogP contribution in [0.2, 0.25) is 0 Å². The Morgan fingerprint density at radius 3 is 1.21 bits per heavy atom. The second kappa shape index (κ2) is 23.7. The number of nitrogens with two attached hydrogens (primary N) is 1. The summed E-state index contributed by atoms with van der Waals surface area (Å²) in [5, 5.41) is 5.47. The number of halogens is 12. The lowest BCUT2D eigenvalue weighted by molar-refractivity contribution is -0.253. The molecule has 0 spiro atoms. The number of benzene rings is 6. The first-order valence-electron chi connectivity index (χ1n) is 21.6.